The van der Waals surface area contributed by atoms with Gasteiger partial charge in [0.2, 0.25) is 0 Å². The minimum atomic E-state index is -3.53. The smallest absolute Gasteiger partial charge is 0.329 e. The SMILES string of the molecule is CCCS(=O)(=O)CC(=O)ON1C(=O)CCC1=O. The maximum Gasteiger partial charge on any atom is 0.348 e. The van der Waals surface area contributed by atoms with Crippen molar-refractivity contribution in [3.05, 3.63) is 0 Å². The Bertz CT molecular complexity index is 424. The number of carbonyl (C=O) groups is 3. The van der Waals surface area contributed by atoms with Crippen molar-refractivity contribution in [3.8, 4) is 0 Å². The molecule has 1 fully saturated rings. The van der Waals surface area contributed by atoms with Gasteiger partial charge in [-0.1, -0.05) is 6.92 Å². The van der Waals surface area contributed by atoms with Crippen LogP contribution in [0.1, 0.15) is 26.2 Å². The number of hydroxylamine groups is 2. The van der Waals surface area contributed by atoms with E-state index < -0.39 is 33.4 Å². The summed E-state index contributed by atoms with van der Waals surface area (Å²) < 4.78 is 22.6. The van der Waals surface area contributed by atoms with Gasteiger partial charge in [0.1, 0.15) is 0 Å². The standard InChI is InChI=1S/C9H13NO6S/c1-2-5-17(14,15)6-9(13)16-10-7(11)3-4-8(10)12/h2-6H2,1H3. The van der Waals surface area contributed by atoms with Gasteiger partial charge in [0, 0.05) is 12.8 Å². The normalized spacial score (nSPS) is 16.4. The summed E-state index contributed by atoms with van der Waals surface area (Å²) in [5.74, 6) is -3.32. The summed E-state index contributed by atoms with van der Waals surface area (Å²) in [5, 5.41) is 0.337. The Hall–Kier alpha value is -1.44. The zero-order valence-corrected chi connectivity index (χ0v) is 10.2. The molecule has 0 aromatic rings. The Morgan fingerprint density at radius 2 is 1.82 bits per heavy atom. The average molecular weight is 263 g/mol. The van der Waals surface area contributed by atoms with Crippen LogP contribution in [0.2, 0.25) is 0 Å². The van der Waals surface area contributed by atoms with Crippen LogP contribution >= 0.6 is 0 Å². The monoisotopic (exact) mass is 263 g/mol. The molecule has 0 aromatic carbocycles. The molecule has 8 heteroatoms. The van der Waals surface area contributed by atoms with Crippen LogP contribution in [-0.2, 0) is 29.1 Å². The van der Waals surface area contributed by atoms with E-state index in [0.29, 0.717) is 11.5 Å². The number of nitrogens with zero attached hydrogens (tertiary/aromatic N) is 1. The molecule has 1 heterocycles. The molecule has 0 N–H and O–H groups in total. The number of sulfone groups is 1. The number of hydrogen-bond acceptors (Lipinski definition) is 6. The first kappa shape index (κ1) is 13.6. The van der Waals surface area contributed by atoms with Crippen molar-refractivity contribution in [1.29, 1.82) is 0 Å². The molecular weight excluding hydrogens is 250 g/mol. The summed E-state index contributed by atoms with van der Waals surface area (Å²) in [5.41, 5.74) is 0. The predicted molar refractivity (Wildman–Crippen MR) is 56.1 cm³/mol. The van der Waals surface area contributed by atoms with Gasteiger partial charge < -0.3 is 4.84 Å². The lowest BCUT2D eigenvalue weighted by molar-refractivity contribution is -0.195. The fraction of sp³-hybridized carbons (Fsp3) is 0.667. The molecule has 7 nitrogen and oxygen atoms in total. The van der Waals surface area contributed by atoms with Gasteiger partial charge in [0.15, 0.2) is 15.6 Å². The van der Waals surface area contributed by atoms with E-state index in [4.69, 9.17) is 0 Å². The average Bonchev–Trinajstić information content (AvgIpc) is 2.48. The molecule has 1 saturated heterocycles. The fourth-order valence-electron chi connectivity index (χ4n) is 1.35. The molecule has 0 aromatic heterocycles. The van der Waals surface area contributed by atoms with E-state index in [-0.39, 0.29) is 18.6 Å². The number of hydrogen-bond donors (Lipinski definition) is 0. The van der Waals surface area contributed by atoms with Crippen molar-refractivity contribution in [2.45, 2.75) is 26.2 Å². The van der Waals surface area contributed by atoms with E-state index in [1.54, 1.807) is 6.92 Å². The number of carbonyl (C=O) groups excluding carboxylic acids is 3. The highest BCUT2D eigenvalue weighted by molar-refractivity contribution is 7.92. The molecule has 0 bridgehead atoms. The summed E-state index contributed by atoms with van der Waals surface area (Å²) in [6, 6.07) is 0. The van der Waals surface area contributed by atoms with Gasteiger partial charge in [-0.15, -0.1) is 5.06 Å². The molecule has 0 aliphatic carbocycles. The van der Waals surface area contributed by atoms with Gasteiger partial charge in [0.25, 0.3) is 11.8 Å². The highest BCUT2D eigenvalue weighted by Gasteiger charge is 2.33. The Kier molecular flexibility index (Phi) is 4.22. The first-order valence-electron chi connectivity index (χ1n) is 5.12. The molecule has 0 saturated carbocycles. The summed E-state index contributed by atoms with van der Waals surface area (Å²) >= 11 is 0. The minimum absolute atomic E-state index is 0.0200. The van der Waals surface area contributed by atoms with Gasteiger partial charge in [-0.05, 0) is 6.42 Å². The van der Waals surface area contributed by atoms with Crippen LogP contribution in [0.15, 0.2) is 0 Å². The Morgan fingerprint density at radius 1 is 1.29 bits per heavy atom. The maximum atomic E-state index is 11.3. The molecule has 1 rings (SSSR count). The highest BCUT2D eigenvalue weighted by Crippen LogP contribution is 2.12. The van der Waals surface area contributed by atoms with E-state index in [9.17, 15) is 22.8 Å². The maximum absolute atomic E-state index is 11.3. The highest BCUT2D eigenvalue weighted by atomic mass is 32.2. The minimum Gasteiger partial charge on any atom is -0.329 e. The lowest BCUT2D eigenvalue weighted by atomic mass is 10.4. The van der Waals surface area contributed by atoms with Crippen molar-refractivity contribution in [2.75, 3.05) is 11.5 Å². The van der Waals surface area contributed by atoms with Crippen molar-refractivity contribution in [2.24, 2.45) is 0 Å². The topological polar surface area (TPSA) is 97.8 Å². The second-order valence-electron chi connectivity index (χ2n) is 3.64. The van der Waals surface area contributed by atoms with Crippen LogP contribution in [-0.4, -0.2) is 42.8 Å². The quantitative estimate of drug-likeness (QED) is 0.615. The van der Waals surface area contributed by atoms with Gasteiger partial charge >= 0.3 is 5.97 Å². The number of rotatable bonds is 5. The number of amides is 2. The first-order chi connectivity index (χ1) is 7.85. The third kappa shape index (κ3) is 3.81. The van der Waals surface area contributed by atoms with Crippen molar-refractivity contribution in [3.63, 3.8) is 0 Å². The molecule has 1 aliphatic rings. The summed E-state index contributed by atoms with van der Waals surface area (Å²) in [7, 11) is -3.53. The van der Waals surface area contributed by atoms with E-state index in [1.165, 1.54) is 0 Å². The molecule has 0 spiro atoms. The summed E-state index contributed by atoms with van der Waals surface area (Å²) in [6.07, 6.45) is 0.346. The van der Waals surface area contributed by atoms with Crippen molar-refractivity contribution in [1.82, 2.24) is 5.06 Å². The van der Waals surface area contributed by atoms with Gasteiger partial charge in [-0.25, -0.2) is 13.2 Å². The van der Waals surface area contributed by atoms with Crippen LogP contribution < -0.4 is 0 Å². The Balaban J connectivity index is 2.56. The fourth-order valence-corrected chi connectivity index (χ4v) is 2.53. The van der Waals surface area contributed by atoms with Crippen LogP contribution in [0.25, 0.3) is 0 Å². The molecule has 0 atom stereocenters. The Morgan fingerprint density at radius 3 is 2.29 bits per heavy atom. The van der Waals surface area contributed by atoms with E-state index in [0.717, 1.165) is 0 Å². The number of imide groups is 1. The van der Waals surface area contributed by atoms with Crippen LogP contribution in [0.5, 0.6) is 0 Å². The second-order valence-corrected chi connectivity index (χ2v) is 5.82. The summed E-state index contributed by atoms with van der Waals surface area (Å²) in [6.45, 7) is 1.66. The molecule has 0 unspecified atom stereocenters. The van der Waals surface area contributed by atoms with E-state index in [2.05, 4.69) is 4.84 Å². The predicted octanol–water partition coefficient (Wildman–Crippen LogP) is -0.582. The molecule has 0 radical (unpaired) electrons. The third-order valence-corrected chi connectivity index (χ3v) is 3.76. The molecule has 2 amide bonds. The van der Waals surface area contributed by atoms with E-state index in [1.807, 2.05) is 0 Å². The van der Waals surface area contributed by atoms with Gasteiger partial charge in [-0.2, -0.15) is 0 Å². The lowest BCUT2D eigenvalue weighted by Crippen LogP contribution is -2.34. The zero-order valence-electron chi connectivity index (χ0n) is 9.34. The van der Waals surface area contributed by atoms with E-state index >= 15 is 0 Å². The second kappa shape index (κ2) is 5.26. The van der Waals surface area contributed by atoms with Crippen LogP contribution in [0.4, 0.5) is 0 Å². The van der Waals surface area contributed by atoms with Crippen molar-refractivity contribution >= 4 is 27.6 Å². The van der Waals surface area contributed by atoms with Crippen molar-refractivity contribution < 1.29 is 27.6 Å². The Labute approximate surface area is 98.6 Å². The molecular formula is C9H13NO6S. The summed E-state index contributed by atoms with van der Waals surface area (Å²) in [4.78, 5) is 37.8. The molecule has 17 heavy (non-hydrogen) atoms. The van der Waals surface area contributed by atoms with Gasteiger partial charge in [0.05, 0.1) is 5.75 Å². The molecule has 96 valence electrons. The largest absolute Gasteiger partial charge is 0.348 e. The lowest BCUT2D eigenvalue weighted by Gasteiger charge is -2.12. The molecule has 1 aliphatic heterocycles. The van der Waals surface area contributed by atoms with Crippen LogP contribution in [0.3, 0.4) is 0 Å². The van der Waals surface area contributed by atoms with Crippen LogP contribution in [0, 0.1) is 0 Å². The zero-order chi connectivity index (χ0) is 13.1. The van der Waals surface area contributed by atoms with Gasteiger partial charge in [-0.3, -0.25) is 9.59 Å². The first-order valence-corrected chi connectivity index (χ1v) is 6.95. The third-order valence-electron chi connectivity index (χ3n) is 2.05.